The molecule has 0 saturated heterocycles. The Balaban J connectivity index is 2.75. The minimum absolute atomic E-state index is 0.589. The molecule has 0 bridgehead atoms. The molecule has 1 heterocycles. The van der Waals surface area contributed by atoms with Gasteiger partial charge in [0.2, 0.25) is 0 Å². The van der Waals surface area contributed by atoms with E-state index in [1.807, 2.05) is 0 Å². The van der Waals surface area contributed by atoms with Crippen LogP contribution in [0.5, 0.6) is 0 Å². The standard InChI is InChI=1S/C10H7ClN2OS/c1-15(14)13-7-2-3-10-8(6-7)9(11)4-5-12-10/h2-6H,1H2. The normalized spacial score (nSPS) is 10.2. The van der Waals surface area contributed by atoms with Crippen molar-refractivity contribution in [2.24, 2.45) is 4.36 Å². The van der Waals surface area contributed by atoms with Crippen LogP contribution in [0.1, 0.15) is 0 Å². The van der Waals surface area contributed by atoms with Gasteiger partial charge in [0.05, 0.1) is 26.4 Å². The fraction of sp³-hybridized carbons (Fsp3) is 0. The molecule has 0 N–H and O–H groups in total. The summed E-state index contributed by atoms with van der Waals surface area (Å²) in [5.74, 6) is 3.29. The van der Waals surface area contributed by atoms with E-state index in [0.717, 1.165) is 10.9 Å². The molecule has 76 valence electrons. The molecule has 0 amide bonds. The second-order valence-corrected chi connectivity index (χ2v) is 4.14. The maximum absolute atomic E-state index is 10.8. The van der Waals surface area contributed by atoms with E-state index in [2.05, 4.69) is 15.2 Å². The van der Waals surface area contributed by atoms with Crippen molar-refractivity contribution in [2.75, 3.05) is 0 Å². The summed E-state index contributed by atoms with van der Waals surface area (Å²) >= 11 is 5.99. The number of halogens is 1. The van der Waals surface area contributed by atoms with Crippen molar-refractivity contribution in [1.82, 2.24) is 4.98 Å². The van der Waals surface area contributed by atoms with Crippen LogP contribution >= 0.6 is 11.6 Å². The lowest BCUT2D eigenvalue weighted by Crippen LogP contribution is -1.78. The molecule has 0 radical (unpaired) electrons. The summed E-state index contributed by atoms with van der Waals surface area (Å²) < 4.78 is 14.6. The number of benzene rings is 1. The van der Waals surface area contributed by atoms with Crippen molar-refractivity contribution < 1.29 is 4.21 Å². The van der Waals surface area contributed by atoms with E-state index in [1.165, 1.54) is 0 Å². The van der Waals surface area contributed by atoms with Crippen LogP contribution in [0.3, 0.4) is 0 Å². The number of fused-ring (bicyclic) bond motifs is 1. The summed E-state index contributed by atoms with van der Waals surface area (Å²) in [6.45, 7) is 0. The number of aromatic nitrogens is 1. The first-order valence-electron chi connectivity index (χ1n) is 4.14. The Morgan fingerprint density at radius 1 is 1.40 bits per heavy atom. The molecule has 15 heavy (non-hydrogen) atoms. The third-order valence-corrected chi connectivity index (χ3v) is 2.62. The fourth-order valence-electron chi connectivity index (χ4n) is 1.28. The molecule has 0 unspecified atom stereocenters. The summed E-state index contributed by atoms with van der Waals surface area (Å²) in [6.07, 6.45) is 1.64. The van der Waals surface area contributed by atoms with Gasteiger partial charge in [-0.25, -0.2) is 4.21 Å². The summed E-state index contributed by atoms with van der Waals surface area (Å²) in [4.78, 5) is 4.14. The molecule has 1 aromatic carbocycles. The van der Waals surface area contributed by atoms with E-state index in [9.17, 15) is 4.21 Å². The van der Waals surface area contributed by atoms with Gasteiger partial charge in [-0.15, -0.1) is 0 Å². The van der Waals surface area contributed by atoms with Crippen LogP contribution in [0.4, 0.5) is 5.69 Å². The van der Waals surface area contributed by atoms with Gasteiger partial charge in [-0.3, -0.25) is 4.98 Å². The lowest BCUT2D eigenvalue weighted by molar-refractivity contribution is 0.697. The molecule has 3 nitrogen and oxygen atoms in total. The Morgan fingerprint density at radius 2 is 2.20 bits per heavy atom. The zero-order chi connectivity index (χ0) is 10.8. The van der Waals surface area contributed by atoms with Gasteiger partial charge in [-0.05, 0) is 24.3 Å². The topological polar surface area (TPSA) is 42.3 Å². The largest absolute Gasteiger partial charge is 0.256 e. The third kappa shape index (κ3) is 2.16. The van der Waals surface area contributed by atoms with Gasteiger partial charge in [0, 0.05) is 17.5 Å². The average Bonchev–Trinajstić information content (AvgIpc) is 2.18. The molecule has 2 aromatic rings. The zero-order valence-corrected chi connectivity index (χ0v) is 9.26. The second kappa shape index (κ2) is 4.00. The number of pyridine rings is 1. The van der Waals surface area contributed by atoms with Crippen molar-refractivity contribution in [3.63, 3.8) is 0 Å². The quantitative estimate of drug-likeness (QED) is 0.717. The molecule has 2 rings (SSSR count). The van der Waals surface area contributed by atoms with E-state index in [4.69, 9.17) is 11.6 Å². The molecular formula is C10H7ClN2OS. The maximum Gasteiger partial charge on any atom is 0.0942 e. The third-order valence-electron chi connectivity index (χ3n) is 1.88. The minimum atomic E-state index is -1.45. The molecule has 0 spiro atoms. The second-order valence-electron chi connectivity index (χ2n) is 2.91. The number of nitrogens with zero attached hydrogens (tertiary/aromatic N) is 2. The first-order valence-corrected chi connectivity index (χ1v) is 5.80. The van der Waals surface area contributed by atoms with E-state index in [-0.39, 0.29) is 0 Å². The molecule has 0 saturated carbocycles. The molecule has 0 aliphatic rings. The smallest absolute Gasteiger partial charge is 0.0942 e. The number of rotatable bonds is 1. The molecule has 0 fully saturated rings. The van der Waals surface area contributed by atoms with Crippen molar-refractivity contribution >= 4 is 44.2 Å². The summed E-state index contributed by atoms with van der Waals surface area (Å²) in [6, 6.07) is 6.96. The summed E-state index contributed by atoms with van der Waals surface area (Å²) in [7, 11) is -1.45. The first kappa shape index (κ1) is 10.1. The van der Waals surface area contributed by atoms with Gasteiger partial charge in [-0.1, -0.05) is 11.6 Å². The SMILES string of the molecule is C=S(=O)=Nc1ccc2nccc(Cl)c2c1. The Kier molecular flexibility index (Phi) is 2.70. The van der Waals surface area contributed by atoms with Gasteiger partial charge < -0.3 is 0 Å². The molecular weight excluding hydrogens is 232 g/mol. The Labute approximate surface area is 93.5 Å². The highest BCUT2D eigenvalue weighted by Gasteiger charge is 2.00. The predicted octanol–water partition coefficient (Wildman–Crippen LogP) is 2.88. The van der Waals surface area contributed by atoms with Crippen molar-refractivity contribution in [2.45, 2.75) is 0 Å². The monoisotopic (exact) mass is 238 g/mol. The van der Waals surface area contributed by atoms with Gasteiger partial charge in [0.1, 0.15) is 0 Å². The highest BCUT2D eigenvalue weighted by molar-refractivity contribution is 7.72. The van der Waals surface area contributed by atoms with Crippen molar-refractivity contribution in [1.29, 1.82) is 0 Å². The highest BCUT2D eigenvalue weighted by Crippen LogP contribution is 2.25. The maximum atomic E-state index is 10.8. The van der Waals surface area contributed by atoms with E-state index < -0.39 is 10.2 Å². The first-order chi connectivity index (χ1) is 7.16. The Morgan fingerprint density at radius 3 is 2.93 bits per heavy atom. The number of hydrogen-bond donors (Lipinski definition) is 0. The molecule has 0 aliphatic carbocycles. The average molecular weight is 239 g/mol. The lowest BCUT2D eigenvalue weighted by Gasteiger charge is -1.99. The summed E-state index contributed by atoms with van der Waals surface area (Å²) in [5.41, 5.74) is 1.38. The van der Waals surface area contributed by atoms with Gasteiger partial charge in [0.25, 0.3) is 0 Å². The van der Waals surface area contributed by atoms with Crippen molar-refractivity contribution in [3.05, 3.63) is 35.5 Å². The van der Waals surface area contributed by atoms with Crippen LogP contribution in [0.2, 0.25) is 5.02 Å². The molecule has 0 atom stereocenters. The van der Waals surface area contributed by atoms with Crippen LogP contribution in [0, 0.1) is 0 Å². The van der Waals surface area contributed by atoms with Crippen LogP contribution in [-0.2, 0) is 10.2 Å². The highest BCUT2D eigenvalue weighted by atomic mass is 35.5. The fourth-order valence-corrected chi connectivity index (χ4v) is 1.83. The van der Waals surface area contributed by atoms with E-state index in [1.54, 1.807) is 30.5 Å². The predicted molar refractivity (Wildman–Crippen MR) is 64.1 cm³/mol. The lowest BCUT2D eigenvalue weighted by atomic mass is 10.2. The Hall–Kier alpha value is -1.39. The van der Waals surface area contributed by atoms with E-state index >= 15 is 0 Å². The Bertz CT molecular complexity index is 642. The van der Waals surface area contributed by atoms with E-state index in [0.29, 0.717) is 10.7 Å². The van der Waals surface area contributed by atoms with Crippen LogP contribution in [0.25, 0.3) is 10.9 Å². The van der Waals surface area contributed by atoms with Gasteiger partial charge >= 0.3 is 0 Å². The minimum Gasteiger partial charge on any atom is -0.256 e. The van der Waals surface area contributed by atoms with Crippen LogP contribution in [0.15, 0.2) is 34.8 Å². The zero-order valence-electron chi connectivity index (χ0n) is 7.68. The molecule has 1 aromatic heterocycles. The van der Waals surface area contributed by atoms with Crippen molar-refractivity contribution in [3.8, 4) is 0 Å². The van der Waals surface area contributed by atoms with Gasteiger partial charge in [0.15, 0.2) is 0 Å². The molecule has 0 aliphatic heterocycles. The summed E-state index contributed by atoms with van der Waals surface area (Å²) in [5, 5.41) is 1.40. The van der Waals surface area contributed by atoms with Crippen LogP contribution in [-0.4, -0.2) is 15.1 Å². The number of hydrogen-bond acceptors (Lipinski definition) is 3. The molecule has 5 heteroatoms. The van der Waals surface area contributed by atoms with Crippen LogP contribution < -0.4 is 0 Å². The van der Waals surface area contributed by atoms with Gasteiger partial charge in [-0.2, -0.15) is 4.36 Å².